The van der Waals surface area contributed by atoms with E-state index in [9.17, 15) is 4.79 Å². The molecule has 5 heteroatoms. The van der Waals surface area contributed by atoms with Gasteiger partial charge in [-0.2, -0.15) is 5.10 Å². The van der Waals surface area contributed by atoms with Gasteiger partial charge in [-0.1, -0.05) is 0 Å². The molecule has 0 amide bonds. The van der Waals surface area contributed by atoms with Crippen LogP contribution in [0.25, 0.3) is 0 Å². The molecule has 21 heavy (non-hydrogen) atoms. The van der Waals surface area contributed by atoms with Crippen molar-refractivity contribution in [3.8, 4) is 0 Å². The summed E-state index contributed by atoms with van der Waals surface area (Å²) in [5.74, 6) is 1.56. The Kier molecular flexibility index (Phi) is 4.17. The largest absolute Gasteiger partial charge is 0.394 e. The van der Waals surface area contributed by atoms with E-state index in [4.69, 9.17) is 10.8 Å². The summed E-state index contributed by atoms with van der Waals surface area (Å²) in [5, 5.41) is 4.76. The van der Waals surface area contributed by atoms with Gasteiger partial charge in [0, 0.05) is 19.0 Å². The second-order valence-electron chi connectivity index (χ2n) is 6.55. The number of hydrogen-bond donors (Lipinski definition) is 1. The molecule has 2 fully saturated rings. The van der Waals surface area contributed by atoms with E-state index in [0.717, 1.165) is 50.3 Å². The van der Waals surface area contributed by atoms with Gasteiger partial charge < -0.3 is 10.6 Å². The van der Waals surface area contributed by atoms with Gasteiger partial charge in [-0.15, -0.1) is 0 Å². The fourth-order valence-corrected chi connectivity index (χ4v) is 3.68. The first-order chi connectivity index (χ1) is 10.1. The maximum absolute atomic E-state index is 11.5. The van der Waals surface area contributed by atoms with Crippen molar-refractivity contribution in [1.29, 1.82) is 0 Å². The van der Waals surface area contributed by atoms with Gasteiger partial charge in [-0.3, -0.25) is 9.48 Å². The van der Waals surface area contributed by atoms with Gasteiger partial charge in [0.1, 0.15) is 5.78 Å². The molecule has 2 aliphatic rings. The zero-order chi connectivity index (χ0) is 14.8. The number of aromatic nitrogens is 2. The van der Waals surface area contributed by atoms with E-state index in [2.05, 4.69) is 9.58 Å². The summed E-state index contributed by atoms with van der Waals surface area (Å²) in [6, 6.07) is 0.404. The standard InChI is InChI=1S/C16H26N4O/c1-12(21)13-5-7-14(8-6-13)20-11-15(17)16(18-20)19-9-3-2-4-10-19/h11,13-14H,2-10,17H2,1H3. The minimum Gasteiger partial charge on any atom is -0.394 e. The van der Waals surface area contributed by atoms with E-state index in [1.807, 2.05) is 6.20 Å². The summed E-state index contributed by atoms with van der Waals surface area (Å²) in [4.78, 5) is 13.8. The lowest BCUT2D eigenvalue weighted by Gasteiger charge is -2.28. The maximum atomic E-state index is 11.5. The summed E-state index contributed by atoms with van der Waals surface area (Å²) in [6.07, 6.45) is 9.80. The van der Waals surface area contributed by atoms with Crippen molar-refractivity contribution < 1.29 is 4.79 Å². The number of hydrogen-bond acceptors (Lipinski definition) is 4. The number of nitrogen functional groups attached to an aromatic ring is 1. The smallest absolute Gasteiger partial charge is 0.173 e. The van der Waals surface area contributed by atoms with Crippen LogP contribution in [0.5, 0.6) is 0 Å². The monoisotopic (exact) mass is 290 g/mol. The highest BCUT2D eigenvalue weighted by Crippen LogP contribution is 2.34. The van der Waals surface area contributed by atoms with Gasteiger partial charge in [0.05, 0.1) is 17.9 Å². The van der Waals surface area contributed by atoms with Gasteiger partial charge in [0.2, 0.25) is 0 Å². The minimum atomic E-state index is 0.260. The molecule has 0 aromatic carbocycles. The molecule has 1 aromatic heterocycles. The quantitative estimate of drug-likeness (QED) is 0.929. The molecule has 2 N–H and O–H groups in total. The van der Waals surface area contributed by atoms with E-state index >= 15 is 0 Å². The topological polar surface area (TPSA) is 64.2 Å². The Balaban J connectivity index is 1.68. The molecule has 5 nitrogen and oxygen atoms in total. The van der Waals surface area contributed by atoms with Crippen LogP contribution in [0.15, 0.2) is 6.20 Å². The third-order valence-corrected chi connectivity index (χ3v) is 5.04. The zero-order valence-electron chi connectivity index (χ0n) is 12.9. The third-order valence-electron chi connectivity index (χ3n) is 5.04. The lowest BCUT2D eigenvalue weighted by Crippen LogP contribution is -2.30. The van der Waals surface area contributed by atoms with Crippen LogP contribution in [0.3, 0.4) is 0 Å². The Morgan fingerprint density at radius 2 is 1.86 bits per heavy atom. The van der Waals surface area contributed by atoms with Gasteiger partial charge in [-0.05, 0) is 51.9 Å². The fourth-order valence-electron chi connectivity index (χ4n) is 3.68. The van der Waals surface area contributed by atoms with Crippen LogP contribution in [-0.4, -0.2) is 28.7 Å². The number of nitrogens with two attached hydrogens (primary N) is 1. The van der Waals surface area contributed by atoms with Crippen LogP contribution in [0, 0.1) is 5.92 Å². The third kappa shape index (κ3) is 3.06. The molecule has 1 aliphatic carbocycles. The first-order valence-corrected chi connectivity index (χ1v) is 8.25. The number of carbonyl (C=O) groups excluding carboxylic acids is 1. The molecule has 116 valence electrons. The number of Topliss-reactive ketones (excluding diaryl/α,β-unsaturated/α-hetero) is 1. The predicted octanol–water partition coefficient (Wildman–Crippen LogP) is 2.78. The van der Waals surface area contributed by atoms with Gasteiger partial charge >= 0.3 is 0 Å². The predicted molar refractivity (Wildman–Crippen MR) is 84.4 cm³/mol. The number of ketones is 1. The number of anilines is 2. The zero-order valence-corrected chi connectivity index (χ0v) is 12.9. The van der Waals surface area contributed by atoms with Gasteiger partial charge in [0.15, 0.2) is 5.82 Å². The molecule has 0 atom stereocenters. The van der Waals surface area contributed by atoms with E-state index in [-0.39, 0.29) is 5.92 Å². The summed E-state index contributed by atoms with van der Waals surface area (Å²) in [6.45, 7) is 3.85. The van der Waals surface area contributed by atoms with Crippen LogP contribution >= 0.6 is 0 Å². The lowest BCUT2D eigenvalue weighted by molar-refractivity contribution is -0.121. The van der Waals surface area contributed by atoms with Crippen LogP contribution in [0.2, 0.25) is 0 Å². The van der Waals surface area contributed by atoms with E-state index in [1.54, 1.807) is 6.92 Å². The molecule has 0 radical (unpaired) electrons. The molecule has 0 spiro atoms. The molecule has 3 rings (SSSR count). The normalized spacial score (nSPS) is 26.8. The maximum Gasteiger partial charge on any atom is 0.173 e. The Hall–Kier alpha value is -1.52. The Bertz CT molecular complexity index is 496. The van der Waals surface area contributed by atoms with Crippen molar-refractivity contribution in [1.82, 2.24) is 9.78 Å². The highest BCUT2D eigenvalue weighted by molar-refractivity contribution is 5.78. The van der Waals surface area contributed by atoms with Crippen molar-refractivity contribution in [2.75, 3.05) is 23.7 Å². The van der Waals surface area contributed by atoms with Crippen molar-refractivity contribution >= 4 is 17.3 Å². The average molecular weight is 290 g/mol. The van der Waals surface area contributed by atoms with E-state index in [0.29, 0.717) is 11.8 Å². The van der Waals surface area contributed by atoms with Crippen molar-refractivity contribution in [2.24, 2.45) is 5.92 Å². The summed E-state index contributed by atoms with van der Waals surface area (Å²) in [7, 11) is 0. The minimum absolute atomic E-state index is 0.260. The highest BCUT2D eigenvalue weighted by Gasteiger charge is 2.26. The first-order valence-electron chi connectivity index (χ1n) is 8.25. The van der Waals surface area contributed by atoms with Crippen LogP contribution in [0.4, 0.5) is 11.5 Å². The van der Waals surface area contributed by atoms with Crippen LogP contribution in [0.1, 0.15) is 57.9 Å². The second kappa shape index (κ2) is 6.08. The summed E-state index contributed by atoms with van der Waals surface area (Å²) >= 11 is 0. The molecule has 1 saturated heterocycles. The molecule has 1 saturated carbocycles. The fraction of sp³-hybridized carbons (Fsp3) is 0.750. The number of piperidine rings is 1. The van der Waals surface area contributed by atoms with Crippen molar-refractivity contribution in [2.45, 2.75) is 57.9 Å². The highest BCUT2D eigenvalue weighted by atomic mass is 16.1. The SMILES string of the molecule is CC(=O)C1CCC(n2cc(N)c(N3CCCCC3)n2)CC1. The molecule has 1 aliphatic heterocycles. The van der Waals surface area contributed by atoms with Crippen molar-refractivity contribution in [3.05, 3.63) is 6.20 Å². The van der Waals surface area contributed by atoms with Crippen LogP contribution < -0.4 is 10.6 Å². The molecular weight excluding hydrogens is 264 g/mol. The average Bonchev–Trinajstić information content (AvgIpc) is 2.90. The lowest BCUT2D eigenvalue weighted by atomic mass is 9.84. The van der Waals surface area contributed by atoms with Crippen LogP contribution in [-0.2, 0) is 4.79 Å². The van der Waals surface area contributed by atoms with E-state index < -0.39 is 0 Å². The molecular formula is C16H26N4O. The Labute approximate surface area is 126 Å². The summed E-state index contributed by atoms with van der Waals surface area (Å²) in [5.41, 5.74) is 6.97. The Morgan fingerprint density at radius 3 is 2.48 bits per heavy atom. The second-order valence-corrected chi connectivity index (χ2v) is 6.55. The summed E-state index contributed by atoms with van der Waals surface area (Å²) < 4.78 is 2.05. The number of rotatable bonds is 3. The Morgan fingerprint density at radius 1 is 1.19 bits per heavy atom. The molecule has 2 heterocycles. The molecule has 0 unspecified atom stereocenters. The van der Waals surface area contributed by atoms with E-state index in [1.165, 1.54) is 19.3 Å². The number of carbonyl (C=O) groups is 1. The first kappa shape index (κ1) is 14.4. The number of nitrogens with zero attached hydrogens (tertiary/aromatic N) is 3. The van der Waals surface area contributed by atoms with Crippen molar-refractivity contribution in [3.63, 3.8) is 0 Å². The molecule has 1 aromatic rings. The molecule has 0 bridgehead atoms. The van der Waals surface area contributed by atoms with Gasteiger partial charge in [0.25, 0.3) is 0 Å². The van der Waals surface area contributed by atoms with Gasteiger partial charge in [-0.25, -0.2) is 0 Å².